The van der Waals surface area contributed by atoms with Gasteiger partial charge in [-0.3, -0.25) is 0 Å². The smallest absolute Gasteiger partial charge is 0.135 e. The number of fused-ring (bicyclic) bond motifs is 3. The molecule has 0 atom stereocenters. The highest BCUT2D eigenvalue weighted by Crippen LogP contribution is 2.31. The quantitative estimate of drug-likeness (QED) is 0.525. The van der Waals surface area contributed by atoms with Crippen molar-refractivity contribution in [3.8, 4) is 23.6 Å². The molecule has 0 N–H and O–H groups in total. The lowest BCUT2D eigenvalue weighted by Gasteiger charge is -2.02. The average Bonchev–Trinajstić information content (AvgIpc) is 3.11. The molecule has 0 aliphatic rings. The highest BCUT2D eigenvalue weighted by atomic mass is 16.3. The van der Waals surface area contributed by atoms with E-state index in [0.29, 0.717) is 6.54 Å². The van der Waals surface area contributed by atoms with Crippen molar-refractivity contribution in [3.63, 3.8) is 0 Å². The summed E-state index contributed by atoms with van der Waals surface area (Å²) in [6.07, 6.45) is 7.08. The monoisotopic (exact) mass is 273 g/mol. The van der Waals surface area contributed by atoms with Crippen molar-refractivity contribution >= 4 is 21.9 Å². The molecule has 0 saturated carbocycles. The maximum Gasteiger partial charge on any atom is 0.135 e. The summed E-state index contributed by atoms with van der Waals surface area (Å²) < 4.78 is 7.54. The minimum absolute atomic E-state index is 0.402. The predicted octanol–water partition coefficient (Wildman–Crippen LogP) is 3.48. The molecule has 4 heteroatoms. The lowest BCUT2D eigenvalue weighted by molar-refractivity contribution is 0.668. The van der Waals surface area contributed by atoms with Crippen molar-refractivity contribution in [3.05, 3.63) is 48.7 Å². The Morgan fingerprint density at radius 2 is 1.95 bits per heavy atom. The first-order chi connectivity index (χ1) is 10.4. The predicted molar refractivity (Wildman–Crippen MR) is 81.6 cm³/mol. The van der Waals surface area contributed by atoms with E-state index in [2.05, 4.69) is 28.4 Å². The molecule has 0 spiro atoms. The third-order valence-corrected chi connectivity index (χ3v) is 3.53. The Labute approximate surface area is 121 Å². The van der Waals surface area contributed by atoms with Crippen molar-refractivity contribution in [1.82, 2.24) is 15.0 Å². The van der Waals surface area contributed by atoms with Crippen LogP contribution in [0.4, 0.5) is 0 Å². The first kappa shape index (κ1) is 11.7. The zero-order valence-electron chi connectivity index (χ0n) is 11.2. The average molecular weight is 273 g/mol. The first-order valence-electron chi connectivity index (χ1n) is 6.60. The molecule has 4 nitrogen and oxygen atoms in total. The van der Waals surface area contributed by atoms with Crippen LogP contribution >= 0.6 is 0 Å². The third kappa shape index (κ3) is 1.79. The van der Waals surface area contributed by atoms with Crippen LogP contribution in [-0.4, -0.2) is 15.0 Å². The van der Waals surface area contributed by atoms with Gasteiger partial charge >= 0.3 is 0 Å². The summed E-state index contributed by atoms with van der Waals surface area (Å²) in [5, 5.41) is 10.1. The Balaban J connectivity index is 1.96. The van der Waals surface area contributed by atoms with Crippen molar-refractivity contribution in [2.75, 3.05) is 0 Å². The highest BCUT2D eigenvalue weighted by Gasteiger charge is 2.10. The van der Waals surface area contributed by atoms with Crippen LogP contribution in [0.2, 0.25) is 0 Å². The van der Waals surface area contributed by atoms with E-state index < -0.39 is 0 Å². The minimum Gasteiger partial charge on any atom is -0.456 e. The lowest BCUT2D eigenvalue weighted by atomic mass is 10.1. The Morgan fingerprint density at radius 1 is 1.10 bits per heavy atom. The number of furan rings is 1. The molecule has 0 unspecified atom stereocenters. The van der Waals surface area contributed by atoms with Gasteiger partial charge in [0.15, 0.2) is 0 Å². The van der Waals surface area contributed by atoms with E-state index in [1.807, 2.05) is 30.3 Å². The molecular formula is C17H11N3O. The van der Waals surface area contributed by atoms with E-state index in [1.165, 1.54) is 0 Å². The standard InChI is InChI=1S/C17H11N3O/c1-2-9-20-15(11-18-19-20)12-7-8-17-14(10-12)13-5-3-4-6-16(13)21-17/h1,3-8,10-11H,9H2. The number of rotatable bonds is 2. The molecular weight excluding hydrogens is 262 g/mol. The fraction of sp³-hybridized carbons (Fsp3) is 0.0588. The zero-order valence-corrected chi connectivity index (χ0v) is 11.2. The van der Waals surface area contributed by atoms with Gasteiger partial charge in [0, 0.05) is 16.3 Å². The van der Waals surface area contributed by atoms with Crippen LogP contribution in [0.3, 0.4) is 0 Å². The van der Waals surface area contributed by atoms with Crippen LogP contribution in [0.25, 0.3) is 33.2 Å². The van der Waals surface area contributed by atoms with Crippen molar-refractivity contribution in [2.24, 2.45) is 0 Å². The summed E-state index contributed by atoms with van der Waals surface area (Å²) in [5.41, 5.74) is 3.69. The molecule has 21 heavy (non-hydrogen) atoms. The molecule has 0 radical (unpaired) electrons. The molecule has 2 aromatic carbocycles. The molecule has 4 rings (SSSR count). The highest BCUT2D eigenvalue weighted by molar-refractivity contribution is 6.06. The molecule has 0 fully saturated rings. The molecule has 2 heterocycles. The molecule has 100 valence electrons. The van der Waals surface area contributed by atoms with Crippen LogP contribution in [0, 0.1) is 12.3 Å². The Bertz CT molecular complexity index is 988. The number of aromatic nitrogens is 3. The SMILES string of the molecule is C#CCn1nncc1-c1ccc2oc3ccccc3c2c1. The number of nitrogens with zero attached hydrogens (tertiary/aromatic N) is 3. The van der Waals surface area contributed by atoms with Crippen molar-refractivity contribution in [2.45, 2.75) is 6.54 Å². The van der Waals surface area contributed by atoms with E-state index >= 15 is 0 Å². The minimum atomic E-state index is 0.402. The van der Waals surface area contributed by atoms with Gasteiger partial charge in [0.05, 0.1) is 11.9 Å². The summed E-state index contributed by atoms with van der Waals surface area (Å²) in [7, 11) is 0. The zero-order chi connectivity index (χ0) is 14.2. The maximum absolute atomic E-state index is 5.83. The van der Waals surface area contributed by atoms with Crippen LogP contribution in [0.1, 0.15) is 0 Å². The van der Waals surface area contributed by atoms with Gasteiger partial charge in [0.25, 0.3) is 0 Å². The number of hydrogen-bond acceptors (Lipinski definition) is 3. The number of benzene rings is 2. The van der Waals surface area contributed by atoms with Gasteiger partial charge in [-0.15, -0.1) is 11.5 Å². The Kier molecular flexibility index (Phi) is 2.51. The van der Waals surface area contributed by atoms with Gasteiger partial charge in [0.2, 0.25) is 0 Å². The Hall–Kier alpha value is -3.06. The third-order valence-electron chi connectivity index (χ3n) is 3.53. The largest absolute Gasteiger partial charge is 0.456 e. The number of hydrogen-bond donors (Lipinski definition) is 0. The molecule has 2 aromatic heterocycles. The van der Waals surface area contributed by atoms with Crippen LogP contribution in [0.15, 0.2) is 53.1 Å². The molecule has 0 saturated heterocycles. The lowest BCUT2D eigenvalue weighted by Crippen LogP contribution is -2.00. The molecule has 0 amide bonds. The van der Waals surface area contributed by atoms with E-state index in [-0.39, 0.29) is 0 Å². The normalized spacial score (nSPS) is 11.0. The number of para-hydroxylation sites is 1. The van der Waals surface area contributed by atoms with Gasteiger partial charge in [-0.1, -0.05) is 29.3 Å². The van der Waals surface area contributed by atoms with Gasteiger partial charge in [0.1, 0.15) is 17.7 Å². The second kappa shape index (κ2) is 4.50. The van der Waals surface area contributed by atoms with Gasteiger partial charge in [-0.05, 0) is 24.3 Å². The van der Waals surface area contributed by atoms with Gasteiger partial charge in [-0.25, -0.2) is 4.68 Å². The van der Waals surface area contributed by atoms with Gasteiger partial charge in [-0.2, -0.15) is 0 Å². The molecule has 4 aromatic rings. The molecule has 0 bridgehead atoms. The summed E-state index contributed by atoms with van der Waals surface area (Å²) in [6.45, 7) is 0.402. The second-order valence-corrected chi connectivity index (χ2v) is 4.79. The Morgan fingerprint density at radius 3 is 2.86 bits per heavy atom. The topological polar surface area (TPSA) is 43.9 Å². The van der Waals surface area contributed by atoms with E-state index in [9.17, 15) is 0 Å². The summed E-state index contributed by atoms with van der Waals surface area (Å²) in [5.74, 6) is 2.58. The van der Waals surface area contributed by atoms with E-state index in [0.717, 1.165) is 33.2 Å². The summed E-state index contributed by atoms with van der Waals surface area (Å²) >= 11 is 0. The van der Waals surface area contributed by atoms with Crippen LogP contribution < -0.4 is 0 Å². The van der Waals surface area contributed by atoms with E-state index in [4.69, 9.17) is 10.8 Å². The molecule has 0 aliphatic carbocycles. The van der Waals surface area contributed by atoms with Crippen molar-refractivity contribution < 1.29 is 4.42 Å². The number of terminal acetylenes is 1. The fourth-order valence-corrected chi connectivity index (χ4v) is 2.57. The van der Waals surface area contributed by atoms with E-state index in [1.54, 1.807) is 10.9 Å². The summed E-state index contributed by atoms with van der Waals surface area (Å²) in [6, 6.07) is 14.1. The second-order valence-electron chi connectivity index (χ2n) is 4.79. The maximum atomic E-state index is 5.83. The first-order valence-corrected chi connectivity index (χ1v) is 6.60. The summed E-state index contributed by atoms with van der Waals surface area (Å²) in [4.78, 5) is 0. The van der Waals surface area contributed by atoms with Gasteiger partial charge < -0.3 is 4.42 Å². The van der Waals surface area contributed by atoms with Crippen LogP contribution in [0.5, 0.6) is 0 Å². The molecule has 0 aliphatic heterocycles. The van der Waals surface area contributed by atoms with Crippen LogP contribution in [-0.2, 0) is 6.54 Å². The fourth-order valence-electron chi connectivity index (χ4n) is 2.57. The van der Waals surface area contributed by atoms with Crippen molar-refractivity contribution in [1.29, 1.82) is 0 Å².